The molecule has 1 aromatic rings. The Hall–Kier alpha value is -1.95. The average Bonchev–Trinajstić information content (AvgIpc) is 2.27. The van der Waals surface area contributed by atoms with Gasteiger partial charge >= 0.3 is 0 Å². The molecule has 0 heterocycles. The Morgan fingerprint density at radius 1 is 1.56 bits per heavy atom. The van der Waals surface area contributed by atoms with Crippen molar-refractivity contribution in [3.63, 3.8) is 0 Å². The Balaban J connectivity index is 3.04. The predicted molar refractivity (Wildman–Crippen MR) is 66.5 cm³/mol. The lowest BCUT2D eigenvalue weighted by molar-refractivity contribution is -0.384. The summed E-state index contributed by atoms with van der Waals surface area (Å²) < 4.78 is 0. The minimum absolute atomic E-state index is 0.116. The van der Waals surface area contributed by atoms with Crippen LogP contribution in [0.1, 0.15) is 22.8 Å². The van der Waals surface area contributed by atoms with Gasteiger partial charge in [-0.3, -0.25) is 14.9 Å². The minimum Gasteiger partial charge on any atom is -0.392 e. The maximum Gasteiger partial charge on any atom is 0.270 e. The van der Waals surface area contributed by atoms with E-state index in [9.17, 15) is 20.0 Å². The van der Waals surface area contributed by atoms with Crippen molar-refractivity contribution in [1.82, 2.24) is 4.90 Å². The number of rotatable bonds is 4. The van der Waals surface area contributed by atoms with Crippen molar-refractivity contribution in [2.24, 2.45) is 0 Å². The molecule has 0 aliphatic carbocycles. The molecule has 0 bridgehead atoms. The number of benzene rings is 1. The normalized spacial score (nSPS) is 12.0. The Bertz CT molecular complexity index is 471. The third-order valence-electron chi connectivity index (χ3n) is 2.55. The number of carbonyl (C=O) groups is 1. The van der Waals surface area contributed by atoms with Gasteiger partial charge in [0.05, 0.1) is 11.0 Å². The number of likely N-dealkylation sites (N-methyl/N-ethyl adjacent to an activating group) is 1. The van der Waals surface area contributed by atoms with E-state index in [4.69, 9.17) is 0 Å². The van der Waals surface area contributed by atoms with Gasteiger partial charge in [-0.15, -0.1) is 0 Å². The lowest BCUT2D eigenvalue weighted by atomic mass is 10.1. The van der Waals surface area contributed by atoms with Crippen molar-refractivity contribution in [2.45, 2.75) is 20.0 Å². The number of non-ortho nitro benzene ring substituents is 1. The second-order valence-electron chi connectivity index (χ2n) is 4.29. The van der Waals surface area contributed by atoms with E-state index in [0.717, 1.165) is 0 Å². The van der Waals surface area contributed by atoms with Gasteiger partial charge in [0.2, 0.25) is 0 Å². The third-order valence-corrected chi connectivity index (χ3v) is 2.55. The third kappa shape index (κ3) is 3.27. The van der Waals surface area contributed by atoms with Crippen LogP contribution in [0.15, 0.2) is 18.2 Å². The van der Waals surface area contributed by atoms with Crippen LogP contribution >= 0.6 is 0 Å². The molecule has 1 aromatic carbocycles. The molecule has 0 aromatic heterocycles. The summed E-state index contributed by atoms with van der Waals surface area (Å²) in [6.07, 6.45) is -0.641. The quantitative estimate of drug-likeness (QED) is 0.647. The number of aryl methyl sites for hydroxylation is 1. The van der Waals surface area contributed by atoms with Gasteiger partial charge in [-0.2, -0.15) is 0 Å². The number of aliphatic hydroxyl groups is 1. The second kappa shape index (κ2) is 5.59. The van der Waals surface area contributed by atoms with E-state index in [1.807, 2.05) is 0 Å². The number of carbonyl (C=O) groups excluding carboxylic acids is 1. The van der Waals surface area contributed by atoms with Crippen LogP contribution in [0.25, 0.3) is 0 Å². The molecule has 1 amide bonds. The van der Waals surface area contributed by atoms with Crippen LogP contribution in [-0.4, -0.2) is 40.5 Å². The van der Waals surface area contributed by atoms with Gasteiger partial charge in [-0.05, 0) is 19.4 Å². The van der Waals surface area contributed by atoms with E-state index < -0.39 is 11.0 Å². The molecule has 0 saturated carbocycles. The fraction of sp³-hybridized carbons (Fsp3) is 0.417. The van der Waals surface area contributed by atoms with Gasteiger partial charge in [0, 0.05) is 31.3 Å². The average molecular weight is 252 g/mol. The number of amides is 1. The highest BCUT2D eigenvalue weighted by Gasteiger charge is 2.18. The molecular formula is C12H16N2O4. The molecule has 18 heavy (non-hydrogen) atoms. The van der Waals surface area contributed by atoms with Gasteiger partial charge in [0.15, 0.2) is 0 Å². The summed E-state index contributed by atoms with van der Waals surface area (Å²) in [5.41, 5.74) is 0.838. The van der Waals surface area contributed by atoms with Gasteiger partial charge in [0.1, 0.15) is 0 Å². The highest BCUT2D eigenvalue weighted by Crippen LogP contribution is 2.18. The highest BCUT2D eigenvalue weighted by atomic mass is 16.6. The van der Waals surface area contributed by atoms with E-state index in [2.05, 4.69) is 0 Å². The summed E-state index contributed by atoms with van der Waals surface area (Å²) in [5.74, 6) is -0.336. The molecule has 1 rings (SSSR count). The molecule has 6 heteroatoms. The number of nitrogens with zero attached hydrogens (tertiary/aromatic N) is 2. The molecule has 0 aliphatic rings. The largest absolute Gasteiger partial charge is 0.392 e. The summed E-state index contributed by atoms with van der Waals surface area (Å²) in [6, 6.07) is 4.17. The Morgan fingerprint density at radius 3 is 2.67 bits per heavy atom. The number of hydrogen-bond acceptors (Lipinski definition) is 4. The maximum absolute atomic E-state index is 12.1. The fourth-order valence-electron chi connectivity index (χ4n) is 1.64. The molecule has 0 radical (unpaired) electrons. The Morgan fingerprint density at radius 2 is 2.17 bits per heavy atom. The topological polar surface area (TPSA) is 83.7 Å². The number of hydrogen-bond donors (Lipinski definition) is 1. The van der Waals surface area contributed by atoms with Crippen molar-refractivity contribution in [3.8, 4) is 0 Å². The monoisotopic (exact) mass is 252 g/mol. The summed E-state index contributed by atoms with van der Waals surface area (Å²) in [4.78, 5) is 23.6. The molecule has 0 saturated heterocycles. The summed E-state index contributed by atoms with van der Waals surface area (Å²) in [6.45, 7) is 3.47. The highest BCUT2D eigenvalue weighted by molar-refractivity contribution is 5.96. The van der Waals surface area contributed by atoms with E-state index in [1.165, 1.54) is 17.0 Å². The summed E-state index contributed by atoms with van der Waals surface area (Å²) in [5, 5.41) is 19.9. The Kier molecular flexibility index (Phi) is 4.38. The van der Waals surface area contributed by atoms with Crippen molar-refractivity contribution >= 4 is 11.6 Å². The van der Waals surface area contributed by atoms with E-state index >= 15 is 0 Å². The second-order valence-corrected chi connectivity index (χ2v) is 4.29. The first-order valence-corrected chi connectivity index (χ1v) is 5.51. The van der Waals surface area contributed by atoms with Gasteiger partial charge in [-0.1, -0.05) is 6.07 Å². The summed E-state index contributed by atoms with van der Waals surface area (Å²) in [7, 11) is 1.55. The summed E-state index contributed by atoms with van der Waals surface area (Å²) >= 11 is 0. The van der Waals surface area contributed by atoms with Crippen LogP contribution in [0.2, 0.25) is 0 Å². The first kappa shape index (κ1) is 14.1. The molecule has 1 unspecified atom stereocenters. The number of nitro benzene ring substituents is 1. The number of nitro groups is 1. The standard InChI is InChI=1S/C12H16N2O4/c1-8-4-5-10(14(17)18)6-11(8)12(16)13(3)7-9(2)15/h4-6,9,15H,7H2,1-3H3. The first-order valence-electron chi connectivity index (χ1n) is 5.51. The van der Waals surface area contributed by atoms with Crippen molar-refractivity contribution in [1.29, 1.82) is 0 Å². The molecular weight excluding hydrogens is 236 g/mol. The zero-order valence-electron chi connectivity index (χ0n) is 10.6. The van der Waals surface area contributed by atoms with Crippen LogP contribution in [0.4, 0.5) is 5.69 Å². The lowest BCUT2D eigenvalue weighted by Crippen LogP contribution is -2.33. The van der Waals surface area contributed by atoms with Crippen LogP contribution in [0, 0.1) is 17.0 Å². The zero-order chi connectivity index (χ0) is 13.9. The molecule has 1 N–H and O–H groups in total. The maximum atomic E-state index is 12.1. The van der Waals surface area contributed by atoms with Crippen molar-refractivity contribution in [2.75, 3.05) is 13.6 Å². The smallest absolute Gasteiger partial charge is 0.270 e. The van der Waals surface area contributed by atoms with E-state index in [1.54, 1.807) is 27.0 Å². The fourth-order valence-corrected chi connectivity index (χ4v) is 1.64. The SMILES string of the molecule is Cc1ccc([N+](=O)[O-])cc1C(=O)N(C)CC(C)O. The molecule has 1 atom stereocenters. The van der Waals surface area contributed by atoms with E-state index in [-0.39, 0.29) is 23.7 Å². The molecule has 98 valence electrons. The van der Waals surface area contributed by atoms with Crippen LogP contribution in [-0.2, 0) is 0 Å². The first-order chi connectivity index (χ1) is 8.32. The van der Waals surface area contributed by atoms with Crippen molar-refractivity contribution < 1.29 is 14.8 Å². The van der Waals surface area contributed by atoms with Crippen LogP contribution in [0.3, 0.4) is 0 Å². The molecule has 0 spiro atoms. The zero-order valence-corrected chi connectivity index (χ0v) is 10.6. The van der Waals surface area contributed by atoms with E-state index in [0.29, 0.717) is 5.56 Å². The van der Waals surface area contributed by atoms with Gasteiger partial charge in [-0.25, -0.2) is 0 Å². The molecule has 0 aliphatic heterocycles. The minimum atomic E-state index is -0.641. The molecule has 0 fully saturated rings. The van der Waals surface area contributed by atoms with Crippen LogP contribution in [0.5, 0.6) is 0 Å². The molecule has 6 nitrogen and oxygen atoms in total. The van der Waals surface area contributed by atoms with Gasteiger partial charge < -0.3 is 10.0 Å². The lowest BCUT2D eigenvalue weighted by Gasteiger charge is -2.19. The Labute approximate surface area is 105 Å². The predicted octanol–water partition coefficient (Wildman–Crippen LogP) is 1.36. The number of aliphatic hydroxyl groups excluding tert-OH is 1. The van der Waals surface area contributed by atoms with Gasteiger partial charge in [0.25, 0.3) is 11.6 Å². The van der Waals surface area contributed by atoms with Crippen LogP contribution < -0.4 is 0 Å². The van der Waals surface area contributed by atoms with Crippen molar-refractivity contribution in [3.05, 3.63) is 39.4 Å².